The van der Waals surface area contributed by atoms with Crippen LogP contribution >= 0.6 is 11.6 Å². The highest BCUT2D eigenvalue weighted by Gasteiger charge is 2.70. The van der Waals surface area contributed by atoms with E-state index in [0.717, 1.165) is 21.4 Å². The third-order valence-electron chi connectivity index (χ3n) is 8.17. The number of carbonyl (C=O) groups is 4. The number of ether oxygens (including phenoxy) is 1. The summed E-state index contributed by atoms with van der Waals surface area (Å²) in [5, 5.41) is 7.69. The van der Waals surface area contributed by atoms with Gasteiger partial charge in [-0.05, 0) is 48.4 Å². The zero-order chi connectivity index (χ0) is 27.8. The third-order valence-corrected chi connectivity index (χ3v) is 8.49. The van der Waals surface area contributed by atoms with Crippen LogP contribution in [-0.2, 0) is 31.1 Å². The summed E-state index contributed by atoms with van der Waals surface area (Å²) < 4.78 is 5.11. The van der Waals surface area contributed by atoms with E-state index in [1.54, 1.807) is 30.3 Å². The molecule has 4 heterocycles. The van der Waals surface area contributed by atoms with Crippen molar-refractivity contribution in [1.29, 1.82) is 0 Å². The van der Waals surface area contributed by atoms with E-state index in [2.05, 4.69) is 15.6 Å². The number of hydrogen-bond donors (Lipinski definition) is 3. The molecule has 2 saturated heterocycles. The number of fused-ring (bicyclic) bond motifs is 5. The minimum Gasteiger partial charge on any atom is -0.427 e. The van der Waals surface area contributed by atoms with Crippen molar-refractivity contribution < 1.29 is 23.9 Å². The Morgan fingerprint density at radius 2 is 1.77 bits per heavy atom. The number of esters is 1. The summed E-state index contributed by atoms with van der Waals surface area (Å²) in [4.78, 5) is 57.8. The maximum atomic E-state index is 14.2. The lowest BCUT2D eigenvalue weighted by atomic mass is 9.76. The van der Waals surface area contributed by atoms with Gasteiger partial charge in [-0.25, -0.2) is 4.90 Å². The number of nitrogens with zero attached hydrogens (tertiary/aromatic N) is 1. The van der Waals surface area contributed by atoms with Crippen molar-refractivity contribution in [3.8, 4) is 5.75 Å². The van der Waals surface area contributed by atoms with Crippen LogP contribution in [0.4, 0.5) is 11.4 Å². The number of hydrogen-bond acceptors (Lipinski definition) is 6. The molecule has 4 aromatic rings. The van der Waals surface area contributed by atoms with Crippen LogP contribution in [-0.4, -0.2) is 34.7 Å². The molecular weight excluding hydrogens is 532 g/mol. The molecule has 3 amide bonds. The second-order valence-electron chi connectivity index (χ2n) is 10.3. The molecule has 3 aliphatic heterocycles. The molecule has 9 nitrogen and oxygen atoms in total. The van der Waals surface area contributed by atoms with Crippen LogP contribution in [0, 0.1) is 11.8 Å². The number of amides is 3. The van der Waals surface area contributed by atoms with E-state index in [1.807, 2.05) is 30.5 Å². The van der Waals surface area contributed by atoms with Gasteiger partial charge in [0.1, 0.15) is 11.3 Å². The first-order chi connectivity index (χ1) is 19.3. The number of nitrogens with one attached hydrogen (secondary N) is 3. The number of aromatic nitrogens is 1. The predicted octanol–water partition coefficient (Wildman–Crippen LogP) is 3.91. The Balaban J connectivity index is 1.34. The number of carbonyl (C=O) groups excluding carboxylic acids is 4. The SMILES string of the molecule is CC(=O)Oc1ccc(N2C(=O)[C@@H]3[C@H](Cc4c[nH]c5ccccc45)N[C@]4(C(=O)Nc5c(Cl)cccc54)[C@H]3C2=O)cc1. The minimum atomic E-state index is -1.47. The van der Waals surface area contributed by atoms with E-state index in [-0.39, 0.29) is 0 Å². The molecule has 4 atom stereocenters. The maximum Gasteiger partial charge on any atom is 0.308 e. The van der Waals surface area contributed by atoms with Crippen molar-refractivity contribution in [1.82, 2.24) is 10.3 Å². The molecule has 0 aliphatic carbocycles. The highest BCUT2D eigenvalue weighted by molar-refractivity contribution is 6.35. The van der Waals surface area contributed by atoms with Crippen LogP contribution in [0.25, 0.3) is 10.9 Å². The van der Waals surface area contributed by atoms with Gasteiger partial charge in [-0.3, -0.25) is 24.5 Å². The first-order valence-corrected chi connectivity index (χ1v) is 13.3. The number of anilines is 2. The van der Waals surface area contributed by atoms with Gasteiger partial charge in [-0.2, -0.15) is 0 Å². The topological polar surface area (TPSA) is 121 Å². The molecule has 0 bridgehead atoms. The fraction of sp³-hybridized carbons (Fsp3) is 0.200. The molecule has 1 aromatic heterocycles. The van der Waals surface area contributed by atoms with Crippen molar-refractivity contribution in [2.24, 2.45) is 11.8 Å². The number of para-hydroxylation sites is 2. The van der Waals surface area contributed by atoms with E-state index in [1.165, 1.54) is 19.1 Å². The van der Waals surface area contributed by atoms with E-state index in [0.29, 0.717) is 34.1 Å². The van der Waals surface area contributed by atoms with Crippen LogP contribution in [0.1, 0.15) is 18.1 Å². The molecule has 0 unspecified atom stereocenters. The van der Waals surface area contributed by atoms with Crippen molar-refractivity contribution in [3.05, 3.63) is 89.1 Å². The monoisotopic (exact) mass is 554 g/mol. The number of aromatic amines is 1. The smallest absolute Gasteiger partial charge is 0.308 e. The zero-order valence-electron chi connectivity index (χ0n) is 21.2. The van der Waals surface area contributed by atoms with E-state index in [4.69, 9.17) is 16.3 Å². The summed E-state index contributed by atoms with van der Waals surface area (Å²) in [6, 6.07) is 18.7. The summed E-state index contributed by atoms with van der Waals surface area (Å²) in [7, 11) is 0. The molecule has 0 saturated carbocycles. The zero-order valence-corrected chi connectivity index (χ0v) is 22.0. The van der Waals surface area contributed by atoms with Crippen LogP contribution in [0.3, 0.4) is 0 Å². The largest absolute Gasteiger partial charge is 0.427 e. The lowest BCUT2D eigenvalue weighted by molar-refractivity contribution is -0.132. The van der Waals surface area contributed by atoms with Crippen molar-refractivity contribution in [2.75, 3.05) is 10.2 Å². The van der Waals surface area contributed by atoms with Gasteiger partial charge in [0.25, 0.3) is 0 Å². The van der Waals surface area contributed by atoms with Gasteiger partial charge < -0.3 is 15.0 Å². The minimum absolute atomic E-state index is 0.296. The molecule has 40 heavy (non-hydrogen) atoms. The van der Waals surface area contributed by atoms with Gasteiger partial charge in [0.15, 0.2) is 0 Å². The summed E-state index contributed by atoms with van der Waals surface area (Å²) in [6.45, 7) is 1.29. The predicted molar refractivity (Wildman–Crippen MR) is 148 cm³/mol. The van der Waals surface area contributed by atoms with Gasteiger partial charge in [0, 0.05) is 35.6 Å². The summed E-state index contributed by atoms with van der Waals surface area (Å²) in [5.74, 6) is -3.29. The molecule has 3 aliphatic rings. The average molecular weight is 555 g/mol. The van der Waals surface area contributed by atoms with Gasteiger partial charge in [0.2, 0.25) is 17.7 Å². The molecule has 200 valence electrons. The Morgan fingerprint density at radius 3 is 2.55 bits per heavy atom. The first kappa shape index (κ1) is 24.6. The summed E-state index contributed by atoms with van der Waals surface area (Å²) in [5.41, 5.74) is 1.79. The lowest BCUT2D eigenvalue weighted by Gasteiger charge is -2.29. The summed E-state index contributed by atoms with van der Waals surface area (Å²) in [6.07, 6.45) is 2.31. The fourth-order valence-electron chi connectivity index (χ4n) is 6.59. The van der Waals surface area contributed by atoms with Crippen molar-refractivity contribution >= 4 is 57.6 Å². The van der Waals surface area contributed by atoms with E-state index in [9.17, 15) is 19.2 Å². The Bertz CT molecular complexity index is 1750. The normalized spacial score (nSPS) is 25.0. The molecule has 1 spiro atoms. The second kappa shape index (κ2) is 8.77. The Morgan fingerprint density at radius 1 is 1.00 bits per heavy atom. The van der Waals surface area contributed by atoms with Crippen molar-refractivity contribution in [2.45, 2.75) is 24.9 Å². The Kier molecular flexibility index (Phi) is 5.39. The number of halogens is 1. The highest BCUT2D eigenvalue weighted by atomic mass is 35.5. The Labute approximate surface area is 233 Å². The van der Waals surface area contributed by atoms with Gasteiger partial charge >= 0.3 is 5.97 Å². The van der Waals surface area contributed by atoms with Crippen LogP contribution in [0.5, 0.6) is 5.75 Å². The van der Waals surface area contributed by atoms with Gasteiger partial charge in [0.05, 0.1) is 28.2 Å². The summed E-state index contributed by atoms with van der Waals surface area (Å²) >= 11 is 6.45. The lowest BCUT2D eigenvalue weighted by Crippen LogP contribution is -2.53. The molecule has 7 rings (SSSR count). The van der Waals surface area contributed by atoms with E-state index < -0.39 is 47.1 Å². The van der Waals surface area contributed by atoms with Crippen molar-refractivity contribution in [3.63, 3.8) is 0 Å². The fourth-order valence-corrected chi connectivity index (χ4v) is 6.81. The average Bonchev–Trinajstić information content (AvgIpc) is 3.64. The number of H-pyrrole nitrogens is 1. The van der Waals surface area contributed by atoms with Crippen LogP contribution in [0.15, 0.2) is 72.9 Å². The first-order valence-electron chi connectivity index (χ1n) is 12.9. The quantitative estimate of drug-likeness (QED) is 0.200. The maximum absolute atomic E-state index is 14.2. The highest BCUT2D eigenvalue weighted by Crippen LogP contribution is 2.55. The molecule has 3 aromatic carbocycles. The van der Waals surface area contributed by atoms with Crippen LogP contribution in [0.2, 0.25) is 5.02 Å². The van der Waals surface area contributed by atoms with Crippen LogP contribution < -0.4 is 20.3 Å². The second-order valence-corrected chi connectivity index (χ2v) is 10.7. The molecule has 2 fully saturated rings. The number of imide groups is 1. The Hall–Kier alpha value is -4.47. The molecule has 10 heteroatoms. The number of benzene rings is 3. The van der Waals surface area contributed by atoms with Gasteiger partial charge in [-0.1, -0.05) is 41.9 Å². The van der Waals surface area contributed by atoms with E-state index >= 15 is 0 Å². The number of rotatable bonds is 4. The molecule has 0 radical (unpaired) electrons. The third kappa shape index (κ3) is 3.38. The molecular formula is C30H23ClN4O5. The standard InChI is InChI=1S/C30H23ClN4O5/c1-15(36)40-18-11-9-17(10-12-18)35-27(37)24-23(13-16-14-32-22-8-3-2-5-19(16)22)34-30(25(24)28(35)38)20-6-4-7-21(31)26(20)33-29(30)39/h2-12,14,23-25,32,34H,13H2,1H3,(H,33,39)/t23-,24+,25+,30-/m0/s1. The molecule has 3 N–H and O–H groups in total. The van der Waals surface area contributed by atoms with Gasteiger partial charge in [-0.15, -0.1) is 0 Å².